The summed E-state index contributed by atoms with van der Waals surface area (Å²) in [6, 6.07) is 7.98. The van der Waals surface area contributed by atoms with Gasteiger partial charge in [0, 0.05) is 12.6 Å². The Balaban J connectivity index is 2.81. The SMILES string of the molecule is C#CC(C)NC(CN)c1cccc(OCC)c1. The quantitative estimate of drug-likeness (QED) is 0.734. The van der Waals surface area contributed by atoms with Gasteiger partial charge in [-0.1, -0.05) is 18.1 Å². The van der Waals surface area contributed by atoms with Crippen molar-refractivity contribution < 1.29 is 4.74 Å². The number of hydrogen-bond acceptors (Lipinski definition) is 3. The lowest BCUT2D eigenvalue weighted by Crippen LogP contribution is -2.34. The van der Waals surface area contributed by atoms with Gasteiger partial charge < -0.3 is 10.5 Å². The third-order valence-electron chi connectivity index (χ3n) is 2.51. The van der Waals surface area contributed by atoms with E-state index in [1.165, 1.54) is 0 Å². The van der Waals surface area contributed by atoms with Crippen LogP contribution in [0.1, 0.15) is 25.5 Å². The lowest BCUT2D eigenvalue weighted by atomic mass is 10.1. The van der Waals surface area contributed by atoms with Gasteiger partial charge in [-0.05, 0) is 31.5 Å². The summed E-state index contributed by atoms with van der Waals surface area (Å²) in [4.78, 5) is 0. The summed E-state index contributed by atoms with van der Waals surface area (Å²) in [5.74, 6) is 3.50. The van der Waals surface area contributed by atoms with Crippen molar-refractivity contribution in [2.45, 2.75) is 25.9 Å². The number of hydrogen-bond donors (Lipinski definition) is 2. The average molecular weight is 232 g/mol. The molecule has 0 saturated carbocycles. The Kier molecular flexibility index (Phi) is 5.55. The molecule has 1 aromatic carbocycles. The van der Waals surface area contributed by atoms with Crippen LogP contribution in [0.4, 0.5) is 0 Å². The van der Waals surface area contributed by atoms with Gasteiger partial charge in [0.2, 0.25) is 0 Å². The van der Waals surface area contributed by atoms with Gasteiger partial charge in [-0.3, -0.25) is 5.32 Å². The highest BCUT2D eigenvalue weighted by atomic mass is 16.5. The van der Waals surface area contributed by atoms with E-state index in [-0.39, 0.29) is 12.1 Å². The standard InChI is InChI=1S/C14H20N2O/c1-4-11(3)16-14(10-15)12-7-6-8-13(9-12)17-5-2/h1,6-9,11,14,16H,5,10,15H2,2-3H3. The van der Waals surface area contributed by atoms with E-state index in [2.05, 4.69) is 11.2 Å². The molecule has 0 bridgehead atoms. The van der Waals surface area contributed by atoms with Crippen LogP contribution in [-0.2, 0) is 0 Å². The molecule has 0 aliphatic rings. The second-order valence-electron chi connectivity index (χ2n) is 3.85. The van der Waals surface area contributed by atoms with E-state index in [0.29, 0.717) is 13.2 Å². The second-order valence-corrected chi connectivity index (χ2v) is 3.85. The van der Waals surface area contributed by atoms with Gasteiger partial charge in [0.25, 0.3) is 0 Å². The summed E-state index contributed by atoms with van der Waals surface area (Å²) in [5.41, 5.74) is 6.86. The Morgan fingerprint density at radius 3 is 2.88 bits per heavy atom. The van der Waals surface area contributed by atoms with E-state index in [9.17, 15) is 0 Å². The molecule has 92 valence electrons. The molecule has 3 N–H and O–H groups in total. The molecule has 0 saturated heterocycles. The molecule has 1 aromatic rings. The summed E-state index contributed by atoms with van der Waals surface area (Å²) in [5, 5.41) is 3.29. The van der Waals surface area contributed by atoms with E-state index < -0.39 is 0 Å². The summed E-state index contributed by atoms with van der Waals surface area (Å²) in [7, 11) is 0. The highest BCUT2D eigenvalue weighted by Gasteiger charge is 2.11. The van der Waals surface area contributed by atoms with Crippen molar-refractivity contribution in [1.29, 1.82) is 0 Å². The van der Waals surface area contributed by atoms with Crippen molar-refractivity contribution in [3.63, 3.8) is 0 Å². The number of benzene rings is 1. The number of ether oxygens (including phenoxy) is 1. The molecule has 0 aromatic heterocycles. The van der Waals surface area contributed by atoms with Gasteiger partial charge in [-0.2, -0.15) is 0 Å². The van der Waals surface area contributed by atoms with Gasteiger partial charge in [0.1, 0.15) is 5.75 Å². The largest absolute Gasteiger partial charge is 0.494 e. The summed E-state index contributed by atoms with van der Waals surface area (Å²) in [6.07, 6.45) is 5.35. The van der Waals surface area contributed by atoms with Crippen molar-refractivity contribution in [1.82, 2.24) is 5.32 Å². The molecule has 0 heterocycles. The molecule has 17 heavy (non-hydrogen) atoms. The molecular weight excluding hydrogens is 212 g/mol. The molecule has 0 spiro atoms. The van der Waals surface area contributed by atoms with Gasteiger partial charge in [0.15, 0.2) is 0 Å². The molecule has 0 fully saturated rings. The van der Waals surface area contributed by atoms with Crippen molar-refractivity contribution in [3.05, 3.63) is 29.8 Å². The monoisotopic (exact) mass is 232 g/mol. The number of nitrogens with two attached hydrogens (primary N) is 1. The predicted octanol–water partition coefficient (Wildman–Crippen LogP) is 1.70. The van der Waals surface area contributed by atoms with E-state index in [1.807, 2.05) is 38.1 Å². The van der Waals surface area contributed by atoms with Gasteiger partial charge in [-0.25, -0.2) is 0 Å². The lowest BCUT2D eigenvalue weighted by molar-refractivity contribution is 0.339. The maximum atomic E-state index is 5.76. The second kappa shape index (κ2) is 6.95. The van der Waals surface area contributed by atoms with E-state index >= 15 is 0 Å². The highest BCUT2D eigenvalue weighted by Crippen LogP contribution is 2.19. The number of rotatable bonds is 6. The first-order valence-electron chi connectivity index (χ1n) is 5.86. The zero-order chi connectivity index (χ0) is 12.7. The van der Waals surface area contributed by atoms with Crippen molar-refractivity contribution in [3.8, 4) is 18.1 Å². The molecule has 0 radical (unpaired) electrons. The minimum absolute atomic E-state index is 0.000648. The Bertz CT molecular complexity index is 384. The maximum absolute atomic E-state index is 5.76. The Labute approximate surface area is 103 Å². The molecular formula is C14H20N2O. The van der Waals surface area contributed by atoms with E-state index in [1.54, 1.807) is 0 Å². The lowest BCUT2D eigenvalue weighted by Gasteiger charge is -2.20. The fourth-order valence-corrected chi connectivity index (χ4v) is 1.64. The summed E-state index contributed by atoms with van der Waals surface area (Å²) < 4.78 is 5.46. The Morgan fingerprint density at radius 2 is 2.29 bits per heavy atom. The van der Waals surface area contributed by atoms with Crippen LogP contribution >= 0.6 is 0 Å². The summed E-state index contributed by atoms with van der Waals surface area (Å²) >= 11 is 0. The van der Waals surface area contributed by atoms with Crippen LogP contribution in [0.15, 0.2) is 24.3 Å². The fraction of sp³-hybridized carbons (Fsp3) is 0.429. The van der Waals surface area contributed by atoms with Gasteiger partial charge in [-0.15, -0.1) is 6.42 Å². The maximum Gasteiger partial charge on any atom is 0.119 e. The van der Waals surface area contributed by atoms with Crippen molar-refractivity contribution >= 4 is 0 Å². The first kappa shape index (κ1) is 13.6. The molecule has 2 atom stereocenters. The van der Waals surface area contributed by atoms with E-state index in [4.69, 9.17) is 16.9 Å². The third-order valence-corrected chi connectivity index (χ3v) is 2.51. The smallest absolute Gasteiger partial charge is 0.119 e. The number of terminal acetylenes is 1. The first-order chi connectivity index (χ1) is 8.21. The molecule has 3 heteroatoms. The van der Waals surface area contributed by atoms with Crippen LogP contribution in [0, 0.1) is 12.3 Å². The van der Waals surface area contributed by atoms with E-state index in [0.717, 1.165) is 11.3 Å². The zero-order valence-corrected chi connectivity index (χ0v) is 10.4. The van der Waals surface area contributed by atoms with Crippen molar-refractivity contribution in [2.24, 2.45) is 5.73 Å². The van der Waals surface area contributed by atoms with Crippen LogP contribution < -0.4 is 15.8 Å². The molecule has 3 nitrogen and oxygen atoms in total. The van der Waals surface area contributed by atoms with Crippen LogP contribution in [0.3, 0.4) is 0 Å². The average Bonchev–Trinajstić information content (AvgIpc) is 2.36. The fourth-order valence-electron chi connectivity index (χ4n) is 1.64. The Hall–Kier alpha value is -1.50. The molecule has 0 aliphatic carbocycles. The van der Waals surface area contributed by atoms with Gasteiger partial charge >= 0.3 is 0 Å². The number of nitrogens with one attached hydrogen (secondary N) is 1. The third kappa shape index (κ3) is 4.10. The van der Waals surface area contributed by atoms with Crippen LogP contribution in [0.25, 0.3) is 0 Å². The van der Waals surface area contributed by atoms with Crippen LogP contribution in [-0.4, -0.2) is 19.2 Å². The van der Waals surface area contributed by atoms with Crippen molar-refractivity contribution in [2.75, 3.05) is 13.2 Å². The Morgan fingerprint density at radius 1 is 1.53 bits per heavy atom. The molecule has 0 amide bonds. The topological polar surface area (TPSA) is 47.3 Å². The summed E-state index contributed by atoms with van der Waals surface area (Å²) in [6.45, 7) is 5.06. The zero-order valence-electron chi connectivity index (χ0n) is 10.4. The van der Waals surface area contributed by atoms with Crippen LogP contribution in [0.2, 0.25) is 0 Å². The normalized spacial score (nSPS) is 13.8. The predicted molar refractivity (Wildman–Crippen MR) is 70.8 cm³/mol. The molecule has 0 aliphatic heterocycles. The highest BCUT2D eigenvalue weighted by molar-refractivity contribution is 5.31. The molecule has 2 unspecified atom stereocenters. The minimum Gasteiger partial charge on any atom is -0.494 e. The minimum atomic E-state index is -0.000648. The van der Waals surface area contributed by atoms with Gasteiger partial charge in [0.05, 0.1) is 12.6 Å². The first-order valence-corrected chi connectivity index (χ1v) is 5.86. The molecule has 1 rings (SSSR count). The van der Waals surface area contributed by atoms with Crippen LogP contribution in [0.5, 0.6) is 5.75 Å².